The first-order chi connectivity index (χ1) is 5.94. The van der Waals surface area contributed by atoms with E-state index in [2.05, 4.69) is 25.5 Å². The monoisotopic (exact) mass is 202 g/mol. The third-order valence-electron chi connectivity index (χ3n) is 2.14. The number of esters is 2. The summed E-state index contributed by atoms with van der Waals surface area (Å²) in [5.41, 5.74) is 0. The zero-order chi connectivity index (χ0) is 10.1. The lowest BCUT2D eigenvalue weighted by atomic mass is 10.1. The fraction of sp³-hybridized carbons (Fsp3) is 0.778. The maximum Gasteiger partial charge on any atom is 0.327 e. The van der Waals surface area contributed by atoms with Gasteiger partial charge in [0, 0.05) is 4.75 Å². The first-order valence-corrected chi connectivity index (χ1v) is 5.25. The Kier molecular flexibility index (Phi) is 3.01. The van der Waals surface area contributed by atoms with Gasteiger partial charge in [-0.15, -0.1) is 11.8 Å². The Morgan fingerprint density at radius 3 is 2.54 bits per heavy atom. The second-order valence-electron chi connectivity index (χ2n) is 3.72. The Bertz CT molecular complexity index is 235. The summed E-state index contributed by atoms with van der Waals surface area (Å²) in [6.45, 7) is 6.19. The number of ether oxygens (including phenoxy) is 1. The van der Waals surface area contributed by atoms with Crippen molar-refractivity contribution < 1.29 is 14.3 Å². The van der Waals surface area contributed by atoms with Crippen molar-refractivity contribution in [3.05, 3.63) is 0 Å². The van der Waals surface area contributed by atoms with E-state index >= 15 is 0 Å². The highest BCUT2D eigenvalue weighted by molar-refractivity contribution is 8.01. The maximum absolute atomic E-state index is 11.1. The van der Waals surface area contributed by atoms with Crippen molar-refractivity contribution in [1.29, 1.82) is 0 Å². The van der Waals surface area contributed by atoms with E-state index in [9.17, 15) is 9.59 Å². The van der Waals surface area contributed by atoms with Crippen molar-refractivity contribution >= 4 is 23.7 Å². The smallest absolute Gasteiger partial charge is 0.327 e. The largest absolute Gasteiger partial charge is 0.392 e. The van der Waals surface area contributed by atoms with Gasteiger partial charge in [-0.25, -0.2) is 0 Å². The average Bonchev–Trinajstić information content (AvgIpc) is 2.30. The van der Waals surface area contributed by atoms with Gasteiger partial charge in [0.25, 0.3) is 0 Å². The molecule has 13 heavy (non-hydrogen) atoms. The molecule has 1 heterocycles. The summed E-state index contributed by atoms with van der Waals surface area (Å²) in [4.78, 5) is 21.9. The molecule has 74 valence electrons. The molecule has 0 aromatic heterocycles. The number of carbonyl (C=O) groups is 2. The van der Waals surface area contributed by atoms with Crippen LogP contribution in [0.1, 0.15) is 33.6 Å². The van der Waals surface area contributed by atoms with Crippen molar-refractivity contribution in [3.63, 3.8) is 0 Å². The van der Waals surface area contributed by atoms with Gasteiger partial charge in [0.15, 0.2) is 0 Å². The second-order valence-corrected chi connectivity index (χ2v) is 5.63. The molecule has 4 heteroatoms. The van der Waals surface area contributed by atoms with Gasteiger partial charge in [0.2, 0.25) is 0 Å². The van der Waals surface area contributed by atoms with Crippen LogP contribution < -0.4 is 0 Å². The molecule has 0 amide bonds. The lowest BCUT2D eigenvalue weighted by molar-refractivity contribution is -0.151. The molecule has 1 atom stereocenters. The summed E-state index contributed by atoms with van der Waals surface area (Å²) in [5.74, 6) is -0.772. The van der Waals surface area contributed by atoms with E-state index in [4.69, 9.17) is 0 Å². The molecule has 1 fully saturated rings. The first kappa shape index (κ1) is 10.6. The third kappa shape index (κ3) is 2.72. The van der Waals surface area contributed by atoms with E-state index in [0.29, 0.717) is 0 Å². The molecular formula is C9H14O3S. The van der Waals surface area contributed by atoms with E-state index in [1.807, 2.05) is 0 Å². The lowest BCUT2D eigenvalue weighted by Crippen LogP contribution is -2.21. The quantitative estimate of drug-likeness (QED) is 0.516. The van der Waals surface area contributed by atoms with Crippen LogP contribution in [0.15, 0.2) is 0 Å². The normalized spacial score (nSPS) is 23.5. The van der Waals surface area contributed by atoms with Crippen molar-refractivity contribution in [3.8, 4) is 0 Å². The molecule has 0 aromatic rings. The molecule has 0 radical (unpaired) electrons. The van der Waals surface area contributed by atoms with Crippen LogP contribution in [0.25, 0.3) is 0 Å². The maximum atomic E-state index is 11.1. The molecule has 1 aliphatic rings. The Morgan fingerprint density at radius 2 is 2.15 bits per heavy atom. The molecule has 0 aromatic carbocycles. The molecular weight excluding hydrogens is 188 g/mol. The Labute approximate surface area is 82.2 Å². The number of carbonyl (C=O) groups excluding carboxylic acids is 2. The van der Waals surface area contributed by atoms with Crippen LogP contribution in [0.5, 0.6) is 0 Å². The predicted octanol–water partition coefficient (Wildman–Crippen LogP) is 1.75. The van der Waals surface area contributed by atoms with E-state index in [1.54, 1.807) is 0 Å². The van der Waals surface area contributed by atoms with Crippen LogP contribution in [-0.2, 0) is 14.3 Å². The van der Waals surface area contributed by atoms with Gasteiger partial charge in [0.05, 0.1) is 6.42 Å². The summed E-state index contributed by atoms with van der Waals surface area (Å²) in [6, 6.07) is 0. The SMILES string of the molecule is CCC(C)(C)SC1CC(=O)OC1=O. The summed E-state index contributed by atoms with van der Waals surface area (Å²) >= 11 is 1.53. The topological polar surface area (TPSA) is 43.4 Å². The molecule has 1 saturated heterocycles. The van der Waals surface area contributed by atoms with Crippen LogP contribution in [0, 0.1) is 0 Å². The van der Waals surface area contributed by atoms with Crippen LogP contribution in [-0.4, -0.2) is 21.9 Å². The minimum Gasteiger partial charge on any atom is -0.392 e. The van der Waals surface area contributed by atoms with Gasteiger partial charge < -0.3 is 4.74 Å². The summed E-state index contributed by atoms with van der Waals surface area (Å²) in [7, 11) is 0. The minimum absolute atomic E-state index is 0.0360. The lowest BCUT2D eigenvalue weighted by Gasteiger charge is -2.23. The molecule has 1 rings (SSSR count). The minimum atomic E-state index is -0.394. The van der Waals surface area contributed by atoms with E-state index in [0.717, 1.165) is 6.42 Å². The van der Waals surface area contributed by atoms with Crippen LogP contribution in [0.2, 0.25) is 0 Å². The van der Waals surface area contributed by atoms with Gasteiger partial charge >= 0.3 is 11.9 Å². The van der Waals surface area contributed by atoms with E-state index in [1.165, 1.54) is 11.8 Å². The standard InChI is InChI=1S/C9H14O3S/c1-4-9(2,3)13-6-5-7(10)12-8(6)11/h6H,4-5H2,1-3H3. The molecule has 3 nitrogen and oxygen atoms in total. The molecule has 1 aliphatic heterocycles. The summed E-state index contributed by atoms with van der Waals surface area (Å²) in [6.07, 6.45) is 1.20. The fourth-order valence-electron chi connectivity index (χ4n) is 1.01. The third-order valence-corrected chi connectivity index (χ3v) is 3.71. The van der Waals surface area contributed by atoms with Crippen LogP contribution in [0.4, 0.5) is 0 Å². The Hall–Kier alpha value is -0.510. The predicted molar refractivity (Wildman–Crippen MR) is 51.5 cm³/mol. The molecule has 0 saturated carbocycles. The molecule has 1 unspecified atom stereocenters. The fourth-order valence-corrected chi connectivity index (χ4v) is 2.31. The zero-order valence-corrected chi connectivity index (χ0v) is 8.94. The summed E-state index contributed by atoms with van der Waals surface area (Å²) < 4.78 is 4.50. The second kappa shape index (κ2) is 3.70. The number of rotatable bonds is 3. The highest BCUT2D eigenvalue weighted by atomic mass is 32.2. The van der Waals surface area contributed by atoms with Gasteiger partial charge in [-0.05, 0) is 6.42 Å². The number of hydrogen-bond donors (Lipinski definition) is 0. The number of thioether (sulfide) groups is 1. The summed E-state index contributed by atoms with van der Waals surface area (Å²) in [5, 5.41) is -0.289. The molecule has 0 N–H and O–H groups in total. The molecule has 0 spiro atoms. The van der Waals surface area contributed by atoms with Gasteiger partial charge in [-0.1, -0.05) is 20.8 Å². The van der Waals surface area contributed by atoms with Crippen LogP contribution in [0.3, 0.4) is 0 Å². The average molecular weight is 202 g/mol. The van der Waals surface area contributed by atoms with Gasteiger partial charge in [-0.2, -0.15) is 0 Å². The van der Waals surface area contributed by atoms with Crippen LogP contribution >= 0.6 is 11.8 Å². The highest BCUT2D eigenvalue weighted by Gasteiger charge is 2.37. The van der Waals surface area contributed by atoms with E-state index < -0.39 is 5.97 Å². The number of cyclic esters (lactones) is 2. The zero-order valence-electron chi connectivity index (χ0n) is 8.12. The van der Waals surface area contributed by atoms with Crippen molar-refractivity contribution in [1.82, 2.24) is 0 Å². The highest BCUT2D eigenvalue weighted by Crippen LogP contribution is 2.35. The van der Waals surface area contributed by atoms with Gasteiger partial charge in [0.1, 0.15) is 5.25 Å². The van der Waals surface area contributed by atoms with Crippen molar-refractivity contribution in [2.75, 3.05) is 0 Å². The Balaban J connectivity index is 2.55. The van der Waals surface area contributed by atoms with E-state index in [-0.39, 0.29) is 22.4 Å². The molecule has 0 aliphatic carbocycles. The van der Waals surface area contributed by atoms with Crippen molar-refractivity contribution in [2.24, 2.45) is 0 Å². The number of hydrogen-bond acceptors (Lipinski definition) is 4. The molecule has 0 bridgehead atoms. The van der Waals surface area contributed by atoms with Gasteiger partial charge in [-0.3, -0.25) is 9.59 Å². The Morgan fingerprint density at radius 1 is 1.54 bits per heavy atom. The van der Waals surface area contributed by atoms with Crippen molar-refractivity contribution in [2.45, 2.75) is 43.6 Å². The first-order valence-electron chi connectivity index (χ1n) is 4.37.